The third-order valence-corrected chi connectivity index (χ3v) is 1.98. The highest BCUT2D eigenvalue weighted by atomic mass is 16.5. The molecule has 0 aromatic carbocycles. The molecule has 0 bridgehead atoms. The van der Waals surface area contributed by atoms with E-state index in [1.807, 2.05) is 20.8 Å². The lowest BCUT2D eigenvalue weighted by atomic mass is 10.1. The molecule has 0 saturated carbocycles. The Kier molecular flexibility index (Phi) is 8.14. The molecule has 0 spiro atoms. The molecule has 2 unspecified atom stereocenters. The van der Waals surface area contributed by atoms with E-state index in [2.05, 4.69) is 6.92 Å². The molecule has 0 aromatic rings. The van der Waals surface area contributed by atoms with Gasteiger partial charge in [0.15, 0.2) is 0 Å². The SMILES string of the molecule is CCCC(OCC)C(O)COC(C)C. The van der Waals surface area contributed by atoms with E-state index in [0.29, 0.717) is 13.2 Å². The number of rotatable bonds is 8. The van der Waals surface area contributed by atoms with E-state index < -0.39 is 6.10 Å². The second-order valence-electron chi connectivity index (χ2n) is 3.73. The Hall–Kier alpha value is -0.120. The fourth-order valence-electron chi connectivity index (χ4n) is 1.28. The number of ether oxygens (including phenoxy) is 2. The van der Waals surface area contributed by atoms with Crippen molar-refractivity contribution in [3.05, 3.63) is 0 Å². The van der Waals surface area contributed by atoms with E-state index >= 15 is 0 Å². The van der Waals surface area contributed by atoms with Crippen LogP contribution in [0.4, 0.5) is 0 Å². The van der Waals surface area contributed by atoms with Crippen LogP contribution in [0.25, 0.3) is 0 Å². The first-order valence-corrected chi connectivity index (χ1v) is 5.53. The first kappa shape index (κ1) is 13.9. The van der Waals surface area contributed by atoms with Crippen LogP contribution in [0.2, 0.25) is 0 Å². The minimum absolute atomic E-state index is 0.0799. The molecule has 0 radical (unpaired) electrons. The maximum Gasteiger partial charge on any atom is 0.103 e. The van der Waals surface area contributed by atoms with Gasteiger partial charge in [-0.05, 0) is 27.2 Å². The van der Waals surface area contributed by atoms with Gasteiger partial charge in [0.25, 0.3) is 0 Å². The van der Waals surface area contributed by atoms with E-state index in [1.165, 1.54) is 0 Å². The summed E-state index contributed by atoms with van der Waals surface area (Å²) in [5.41, 5.74) is 0. The predicted octanol–water partition coefficient (Wildman–Crippen LogP) is 1.98. The Morgan fingerprint density at radius 3 is 2.21 bits per heavy atom. The molecule has 0 aliphatic heterocycles. The average molecular weight is 204 g/mol. The van der Waals surface area contributed by atoms with E-state index in [1.54, 1.807) is 0 Å². The summed E-state index contributed by atoms with van der Waals surface area (Å²) >= 11 is 0. The van der Waals surface area contributed by atoms with Gasteiger partial charge in [-0.15, -0.1) is 0 Å². The zero-order valence-electron chi connectivity index (χ0n) is 9.82. The standard InChI is InChI=1S/C11H24O3/c1-5-7-11(13-6-2)10(12)8-14-9(3)4/h9-12H,5-8H2,1-4H3. The van der Waals surface area contributed by atoms with Crippen molar-refractivity contribution < 1.29 is 14.6 Å². The molecule has 0 heterocycles. The van der Waals surface area contributed by atoms with Gasteiger partial charge in [0.05, 0.1) is 18.8 Å². The summed E-state index contributed by atoms with van der Waals surface area (Å²) in [4.78, 5) is 0. The van der Waals surface area contributed by atoms with Crippen LogP contribution in [0.15, 0.2) is 0 Å². The van der Waals surface area contributed by atoms with Crippen LogP contribution in [0.1, 0.15) is 40.5 Å². The highest BCUT2D eigenvalue weighted by Gasteiger charge is 2.18. The molecule has 86 valence electrons. The highest BCUT2D eigenvalue weighted by Crippen LogP contribution is 2.08. The highest BCUT2D eigenvalue weighted by molar-refractivity contribution is 4.68. The molecule has 2 atom stereocenters. The Morgan fingerprint density at radius 1 is 1.14 bits per heavy atom. The second-order valence-corrected chi connectivity index (χ2v) is 3.73. The fraction of sp³-hybridized carbons (Fsp3) is 1.00. The molecule has 0 saturated heterocycles. The minimum atomic E-state index is -0.503. The molecule has 3 nitrogen and oxygen atoms in total. The molecular formula is C11H24O3. The maximum atomic E-state index is 9.77. The van der Waals surface area contributed by atoms with Crippen molar-refractivity contribution in [1.82, 2.24) is 0 Å². The Labute approximate surface area is 87.4 Å². The molecule has 0 amide bonds. The lowest BCUT2D eigenvalue weighted by Crippen LogP contribution is -2.33. The number of hydrogen-bond acceptors (Lipinski definition) is 3. The van der Waals surface area contributed by atoms with Crippen LogP contribution in [-0.2, 0) is 9.47 Å². The summed E-state index contributed by atoms with van der Waals surface area (Å²) in [7, 11) is 0. The lowest BCUT2D eigenvalue weighted by Gasteiger charge is -2.23. The largest absolute Gasteiger partial charge is 0.388 e. The summed E-state index contributed by atoms with van der Waals surface area (Å²) < 4.78 is 10.8. The molecule has 3 heteroatoms. The Morgan fingerprint density at radius 2 is 1.79 bits per heavy atom. The monoisotopic (exact) mass is 204 g/mol. The molecule has 0 aromatic heterocycles. The summed E-state index contributed by atoms with van der Waals surface area (Å²) in [6.45, 7) is 8.96. The smallest absolute Gasteiger partial charge is 0.103 e. The van der Waals surface area contributed by atoms with Gasteiger partial charge in [-0.1, -0.05) is 13.3 Å². The van der Waals surface area contributed by atoms with E-state index in [9.17, 15) is 5.11 Å². The van der Waals surface area contributed by atoms with Crippen LogP contribution < -0.4 is 0 Å². The zero-order valence-corrected chi connectivity index (χ0v) is 9.82. The average Bonchev–Trinajstić information content (AvgIpc) is 2.14. The fourth-order valence-corrected chi connectivity index (χ4v) is 1.28. The summed E-state index contributed by atoms with van der Waals surface area (Å²) in [5, 5.41) is 9.77. The van der Waals surface area contributed by atoms with Crippen LogP contribution in [0, 0.1) is 0 Å². The van der Waals surface area contributed by atoms with Crippen molar-refractivity contribution >= 4 is 0 Å². The van der Waals surface area contributed by atoms with Gasteiger partial charge in [0.2, 0.25) is 0 Å². The first-order chi connectivity index (χ1) is 6.61. The second kappa shape index (κ2) is 8.21. The molecular weight excluding hydrogens is 180 g/mol. The summed E-state index contributed by atoms with van der Waals surface area (Å²) in [6, 6.07) is 0. The Bertz CT molecular complexity index is 120. The van der Waals surface area contributed by atoms with E-state index in [0.717, 1.165) is 12.8 Å². The molecule has 0 fully saturated rings. The summed E-state index contributed by atoms with van der Waals surface area (Å²) in [6.07, 6.45) is 1.48. The van der Waals surface area contributed by atoms with Crippen LogP contribution in [0.5, 0.6) is 0 Å². The number of hydrogen-bond donors (Lipinski definition) is 1. The molecule has 0 rings (SSSR count). The molecule has 14 heavy (non-hydrogen) atoms. The third kappa shape index (κ3) is 6.35. The number of aliphatic hydroxyl groups is 1. The van der Waals surface area contributed by atoms with Gasteiger partial charge >= 0.3 is 0 Å². The van der Waals surface area contributed by atoms with Gasteiger partial charge in [-0.25, -0.2) is 0 Å². The first-order valence-electron chi connectivity index (χ1n) is 5.53. The van der Waals surface area contributed by atoms with E-state index in [-0.39, 0.29) is 12.2 Å². The van der Waals surface area contributed by atoms with Crippen molar-refractivity contribution in [3.8, 4) is 0 Å². The van der Waals surface area contributed by atoms with Crippen molar-refractivity contribution in [1.29, 1.82) is 0 Å². The number of aliphatic hydroxyl groups excluding tert-OH is 1. The van der Waals surface area contributed by atoms with E-state index in [4.69, 9.17) is 9.47 Å². The third-order valence-electron chi connectivity index (χ3n) is 1.98. The van der Waals surface area contributed by atoms with Gasteiger partial charge in [0.1, 0.15) is 6.10 Å². The Balaban J connectivity index is 3.81. The van der Waals surface area contributed by atoms with Gasteiger partial charge in [-0.2, -0.15) is 0 Å². The minimum Gasteiger partial charge on any atom is -0.388 e. The topological polar surface area (TPSA) is 38.7 Å². The van der Waals surface area contributed by atoms with Crippen LogP contribution >= 0.6 is 0 Å². The lowest BCUT2D eigenvalue weighted by molar-refractivity contribution is -0.0815. The van der Waals surface area contributed by atoms with Crippen molar-refractivity contribution in [2.45, 2.75) is 58.8 Å². The quantitative estimate of drug-likeness (QED) is 0.657. The predicted molar refractivity (Wildman–Crippen MR) is 57.4 cm³/mol. The van der Waals surface area contributed by atoms with Crippen molar-refractivity contribution in [2.75, 3.05) is 13.2 Å². The van der Waals surface area contributed by atoms with Crippen LogP contribution in [0.3, 0.4) is 0 Å². The van der Waals surface area contributed by atoms with Crippen molar-refractivity contribution in [2.24, 2.45) is 0 Å². The van der Waals surface area contributed by atoms with Gasteiger partial charge in [-0.3, -0.25) is 0 Å². The molecule has 0 aliphatic carbocycles. The normalized spacial score (nSPS) is 15.9. The maximum absolute atomic E-state index is 9.77. The molecule has 0 aliphatic rings. The van der Waals surface area contributed by atoms with Gasteiger partial charge in [0, 0.05) is 6.61 Å². The van der Waals surface area contributed by atoms with Crippen LogP contribution in [-0.4, -0.2) is 36.6 Å². The molecule has 1 N–H and O–H groups in total. The zero-order chi connectivity index (χ0) is 11.0. The van der Waals surface area contributed by atoms with Gasteiger partial charge < -0.3 is 14.6 Å². The van der Waals surface area contributed by atoms with Crippen molar-refractivity contribution in [3.63, 3.8) is 0 Å². The summed E-state index contributed by atoms with van der Waals surface area (Å²) in [5.74, 6) is 0.